The summed E-state index contributed by atoms with van der Waals surface area (Å²) in [7, 11) is 0. The molecule has 3 N–H and O–H groups in total. The third-order valence-corrected chi connectivity index (χ3v) is 12.3. The number of carboxylic acids is 1. The van der Waals surface area contributed by atoms with Gasteiger partial charge >= 0.3 is 23.9 Å². The maximum atomic E-state index is 13.1. The van der Waals surface area contributed by atoms with Gasteiger partial charge in [-0.25, -0.2) is 4.79 Å². The Balaban J connectivity index is 2.80. The van der Waals surface area contributed by atoms with E-state index in [1.165, 1.54) is 51.4 Å². The first-order valence-corrected chi connectivity index (χ1v) is 29.2. The second-order valence-electron chi connectivity index (χ2n) is 19.2. The molecule has 0 saturated carbocycles. The molecule has 0 spiro atoms. The number of ether oxygens (including phenoxy) is 5. The quantitative estimate of drug-likeness (QED) is 0.0228. The summed E-state index contributed by atoms with van der Waals surface area (Å²) in [5.74, 6) is -3.42. The number of hydrogen-bond acceptors (Lipinski definition) is 11. The average Bonchev–Trinajstić information content (AvgIpc) is 3.42. The Labute approximate surface area is 464 Å². The van der Waals surface area contributed by atoms with Crippen LogP contribution in [0.3, 0.4) is 0 Å². The van der Waals surface area contributed by atoms with E-state index in [0.717, 1.165) is 83.5 Å². The van der Waals surface area contributed by atoms with Crippen molar-refractivity contribution in [3.63, 3.8) is 0 Å². The van der Waals surface area contributed by atoms with Crippen molar-refractivity contribution in [2.75, 3.05) is 13.2 Å². The summed E-state index contributed by atoms with van der Waals surface area (Å²) < 4.78 is 28.2. The molecule has 1 rings (SSSR count). The molecule has 1 aliphatic heterocycles. The highest BCUT2D eigenvalue weighted by Gasteiger charge is 2.50. The second kappa shape index (κ2) is 51.6. The molecule has 0 amide bonds. The van der Waals surface area contributed by atoms with Gasteiger partial charge in [0.25, 0.3) is 0 Å². The fourth-order valence-corrected chi connectivity index (χ4v) is 7.88. The van der Waals surface area contributed by atoms with E-state index in [1.807, 2.05) is 30.4 Å². The van der Waals surface area contributed by atoms with Crippen LogP contribution in [0.15, 0.2) is 134 Å². The number of aliphatic hydroxyl groups excluding tert-OH is 2. The van der Waals surface area contributed by atoms with E-state index in [9.17, 15) is 34.5 Å². The topological polar surface area (TPSA) is 175 Å². The van der Waals surface area contributed by atoms with Crippen LogP contribution in [-0.4, -0.2) is 89.2 Å². The molecule has 1 saturated heterocycles. The van der Waals surface area contributed by atoms with Gasteiger partial charge in [0.2, 0.25) is 0 Å². The van der Waals surface area contributed by atoms with Gasteiger partial charge in [0.1, 0.15) is 18.8 Å². The van der Waals surface area contributed by atoms with Crippen LogP contribution in [0.1, 0.15) is 201 Å². The van der Waals surface area contributed by atoms with Gasteiger partial charge in [-0.3, -0.25) is 14.4 Å². The third-order valence-electron chi connectivity index (χ3n) is 12.3. The van der Waals surface area contributed by atoms with Crippen molar-refractivity contribution in [1.29, 1.82) is 0 Å². The van der Waals surface area contributed by atoms with Crippen molar-refractivity contribution in [2.45, 2.75) is 237 Å². The Morgan fingerprint density at radius 1 is 0.455 bits per heavy atom. The van der Waals surface area contributed by atoms with Crippen LogP contribution >= 0.6 is 0 Å². The van der Waals surface area contributed by atoms with Crippen LogP contribution in [0, 0.1) is 0 Å². The second-order valence-corrected chi connectivity index (χ2v) is 19.2. The third kappa shape index (κ3) is 41.6. The minimum atomic E-state index is -1.93. The minimum absolute atomic E-state index is 0.0384. The van der Waals surface area contributed by atoms with E-state index in [2.05, 4.69) is 118 Å². The summed E-state index contributed by atoms with van der Waals surface area (Å²) in [5, 5.41) is 31.4. The van der Waals surface area contributed by atoms with Gasteiger partial charge in [0.05, 0.1) is 13.0 Å². The Morgan fingerprint density at radius 2 is 0.857 bits per heavy atom. The molecule has 0 aromatic heterocycles. The number of carbonyl (C=O) groups is 4. The zero-order chi connectivity index (χ0) is 56.1. The Hall–Kier alpha value is -5.14. The number of allylic oxidation sites excluding steroid dienone is 21. The van der Waals surface area contributed by atoms with Crippen LogP contribution in [0.5, 0.6) is 0 Å². The molecule has 0 aliphatic carbocycles. The fraction of sp³-hybridized carbons (Fsp3) is 0.600. The molecule has 1 heterocycles. The highest BCUT2D eigenvalue weighted by Crippen LogP contribution is 2.26. The summed E-state index contributed by atoms with van der Waals surface area (Å²) in [6.45, 7) is 5.59. The highest BCUT2D eigenvalue weighted by molar-refractivity contribution is 5.74. The molecule has 0 aromatic rings. The standard InChI is InChI=1S/C65H100O12/c1-4-7-10-13-16-19-22-25-27-28-29-30-32-34-36-39-42-45-48-51-57(66)73-54-56(75-58(67)52-49-46-43-40-38-35-31-26-23-20-17-14-11-8-5-2)55-74-65-63(61(70)60(69)62(77-65)64(71)72)76-59(68)53-50-47-44-41-37-33-24-21-18-15-12-9-6-3/h7-8,10-11,16-17,19-20,25-27,29-31,34,36,38,40,42,45-46,49,56,60-63,65,69-70H,4-6,9,12-15,18,21-24,28,32-33,35,37,39,41,43-44,47-48,50-55H2,1-3H3,(H,71,72)/b10-7-,11-8-,19-16-,20-17-,27-25-,30-29-,31-26-,36-34-,40-38-,45-42-,49-46-. The number of carboxylic acid groups (broad SMARTS) is 1. The molecule has 1 aliphatic rings. The largest absolute Gasteiger partial charge is 0.479 e. The van der Waals surface area contributed by atoms with Gasteiger partial charge in [0, 0.05) is 12.8 Å². The van der Waals surface area contributed by atoms with Gasteiger partial charge in [-0.05, 0) is 83.5 Å². The van der Waals surface area contributed by atoms with Gasteiger partial charge in [-0.1, -0.05) is 231 Å². The molecular weight excluding hydrogens is 973 g/mol. The number of unbranched alkanes of at least 4 members (excludes halogenated alkanes) is 12. The van der Waals surface area contributed by atoms with Gasteiger partial charge in [-0.2, -0.15) is 0 Å². The number of rotatable bonds is 47. The predicted molar refractivity (Wildman–Crippen MR) is 312 cm³/mol. The van der Waals surface area contributed by atoms with Crippen LogP contribution in [-0.2, 0) is 42.9 Å². The molecule has 6 atom stereocenters. The first-order chi connectivity index (χ1) is 37.6. The molecule has 0 radical (unpaired) electrons. The normalized spacial score (nSPS) is 19.0. The van der Waals surface area contributed by atoms with E-state index in [4.69, 9.17) is 23.7 Å². The smallest absolute Gasteiger partial charge is 0.335 e. The zero-order valence-electron chi connectivity index (χ0n) is 47.4. The number of hydrogen-bond donors (Lipinski definition) is 3. The Bertz CT molecular complexity index is 1850. The van der Waals surface area contributed by atoms with Gasteiger partial charge in [-0.15, -0.1) is 0 Å². The summed E-state index contributed by atoms with van der Waals surface area (Å²) in [5.41, 5.74) is 0. The summed E-state index contributed by atoms with van der Waals surface area (Å²) >= 11 is 0. The van der Waals surface area contributed by atoms with Gasteiger partial charge < -0.3 is 39.0 Å². The summed E-state index contributed by atoms with van der Waals surface area (Å²) in [6, 6.07) is 0. The van der Waals surface area contributed by atoms with Crippen LogP contribution in [0.2, 0.25) is 0 Å². The minimum Gasteiger partial charge on any atom is -0.479 e. The first kappa shape index (κ1) is 69.9. The van der Waals surface area contributed by atoms with Crippen LogP contribution in [0.4, 0.5) is 0 Å². The first-order valence-electron chi connectivity index (χ1n) is 29.2. The highest BCUT2D eigenvalue weighted by atomic mass is 16.7. The molecular formula is C65H100O12. The van der Waals surface area contributed by atoms with E-state index < -0.39 is 73.9 Å². The average molecular weight is 1070 g/mol. The van der Waals surface area contributed by atoms with Crippen molar-refractivity contribution in [1.82, 2.24) is 0 Å². The van der Waals surface area contributed by atoms with E-state index in [1.54, 1.807) is 6.08 Å². The summed E-state index contributed by atoms with van der Waals surface area (Å²) in [6.07, 6.45) is 60.4. The van der Waals surface area contributed by atoms with E-state index >= 15 is 0 Å². The summed E-state index contributed by atoms with van der Waals surface area (Å²) in [4.78, 5) is 51.0. The molecule has 12 heteroatoms. The monoisotopic (exact) mass is 1070 g/mol. The molecule has 6 unspecified atom stereocenters. The van der Waals surface area contributed by atoms with Crippen molar-refractivity contribution in [3.05, 3.63) is 134 Å². The number of esters is 3. The molecule has 12 nitrogen and oxygen atoms in total. The predicted octanol–water partition coefficient (Wildman–Crippen LogP) is 15.0. The fourth-order valence-electron chi connectivity index (χ4n) is 7.88. The Morgan fingerprint density at radius 3 is 1.29 bits per heavy atom. The number of aliphatic carboxylic acids is 1. The SMILES string of the molecule is CC/C=C\C/C=C\C/C=C\C/C=C\C/C=C\C/C=C\CCC(=O)OCC(COC1OC(C(=O)O)C(O)C(O)C1OC(=O)CCCCCCCCCCCCCCC)OC(=O)C/C=C\C/C=C\C/C=C\C/C=C\C/C=C\CC. The molecule has 0 bridgehead atoms. The van der Waals surface area contributed by atoms with Crippen LogP contribution in [0.25, 0.3) is 0 Å². The lowest BCUT2D eigenvalue weighted by Gasteiger charge is -2.40. The van der Waals surface area contributed by atoms with E-state index in [0.29, 0.717) is 25.7 Å². The number of aliphatic hydroxyl groups is 2. The zero-order valence-corrected chi connectivity index (χ0v) is 47.4. The van der Waals surface area contributed by atoms with Gasteiger partial charge in [0.15, 0.2) is 24.6 Å². The van der Waals surface area contributed by atoms with Crippen molar-refractivity contribution < 1.29 is 58.2 Å². The molecule has 0 aromatic carbocycles. The number of carbonyl (C=O) groups excluding carboxylic acids is 3. The maximum Gasteiger partial charge on any atom is 0.335 e. The Kier molecular flexibility index (Phi) is 46.8. The lowest BCUT2D eigenvalue weighted by atomic mass is 9.98. The van der Waals surface area contributed by atoms with E-state index in [-0.39, 0.29) is 19.3 Å². The van der Waals surface area contributed by atoms with Crippen molar-refractivity contribution >= 4 is 23.9 Å². The van der Waals surface area contributed by atoms with Crippen molar-refractivity contribution in [3.8, 4) is 0 Å². The molecule has 1 fully saturated rings. The lowest BCUT2D eigenvalue weighted by molar-refractivity contribution is -0.301. The molecule has 432 valence electrons. The lowest BCUT2D eigenvalue weighted by Crippen LogP contribution is -2.61. The van der Waals surface area contributed by atoms with Crippen molar-refractivity contribution in [2.24, 2.45) is 0 Å². The maximum absolute atomic E-state index is 13.1. The molecule has 77 heavy (non-hydrogen) atoms. The van der Waals surface area contributed by atoms with Crippen LogP contribution < -0.4 is 0 Å².